The van der Waals surface area contributed by atoms with Gasteiger partial charge in [-0.3, -0.25) is 0 Å². The molecule has 1 aromatic rings. The van der Waals surface area contributed by atoms with Gasteiger partial charge in [0.05, 0.1) is 7.11 Å². The van der Waals surface area contributed by atoms with Gasteiger partial charge in [0.2, 0.25) is 6.17 Å². The summed E-state index contributed by atoms with van der Waals surface area (Å²) in [7, 11) is 1.57. The summed E-state index contributed by atoms with van der Waals surface area (Å²) in [6.45, 7) is 0. The van der Waals surface area contributed by atoms with Gasteiger partial charge >= 0.3 is 5.97 Å². The molecule has 0 heterocycles. The molecule has 2 rings (SSSR count). The molecule has 0 aromatic heterocycles. The van der Waals surface area contributed by atoms with E-state index in [0.717, 1.165) is 12.0 Å². The van der Waals surface area contributed by atoms with Gasteiger partial charge in [-0.25, -0.2) is 9.18 Å². The SMILES string of the molecule is COc1ccc2c(c1)CCC=C2C(F)C(=O)O. The number of ether oxygens (including phenoxy) is 1. The Morgan fingerprint density at radius 2 is 2.29 bits per heavy atom. The summed E-state index contributed by atoms with van der Waals surface area (Å²) in [5, 5.41) is 8.72. The minimum Gasteiger partial charge on any atom is -0.497 e. The molecule has 1 aromatic carbocycles. The van der Waals surface area contributed by atoms with E-state index in [0.29, 0.717) is 17.7 Å². The molecular formula is C13H13FO3. The fourth-order valence-corrected chi connectivity index (χ4v) is 2.05. The third-order valence-electron chi connectivity index (χ3n) is 2.89. The molecule has 17 heavy (non-hydrogen) atoms. The van der Waals surface area contributed by atoms with Crippen molar-refractivity contribution in [2.45, 2.75) is 19.0 Å². The Morgan fingerprint density at radius 1 is 1.53 bits per heavy atom. The summed E-state index contributed by atoms with van der Waals surface area (Å²) in [6.07, 6.45) is 1.14. The molecule has 0 saturated carbocycles. The van der Waals surface area contributed by atoms with Crippen molar-refractivity contribution in [2.24, 2.45) is 0 Å². The van der Waals surface area contributed by atoms with Crippen molar-refractivity contribution >= 4 is 11.5 Å². The minimum atomic E-state index is -1.96. The largest absolute Gasteiger partial charge is 0.497 e. The zero-order chi connectivity index (χ0) is 12.4. The highest BCUT2D eigenvalue weighted by molar-refractivity contribution is 5.91. The first kappa shape index (κ1) is 11.6. The average molecular weight is 236 g/mol. The van der Waals surface area contributed by atoms with Crippen LogP contribution in [0.2, 0.25) is 0 Å². The number of aryl methyl sites for hydroxylation is 1. The Balaban J connectivity index is 2.41. The maximum absolute atomic E-state index is 13.6. The van der Waals surface area contributed by atoms with Crippen LogP contribution in [0, 0.1) is 0 Å². The van der Waals surface area contributed by atoms with Gasteiger partial charge in [0.1, 0.15) is 5.75 Å². The smallest absolute Gasteiger partial charge is 0.343 e. The van der Waals surface area contributed by atoms with E-state index in [4.69, 9.17) is 9.84 Å². The van der Waals surface area contributed by atoms with E-state index >= 15 is 0 Å². The summed E-state index contributed by atoms with van der Waals surface area (Å²) in [5.74, 6) is -0.740. The molecule has 1 atom stereocenters. The molecule has 1 N–H and O–H groups in total. The van der Waals surface area contributed by atoms with Crippen molar-refractivity contribution in [3.05, 3.63) is 35.4 Å². The quantitative estimate of drug-likeness (QED) is 0.876. The lowest BCUT2D eigenvalue weighted by atomic mass is 9.88. The molecule has 90 valence electrons. The monoisotopic (exact) mass is 236 g/mol. The maximum atomic E-state index is 13.6. The van der Waals surface area contributed by atoms with Gasteiger partial charge < -0.3 is 9.84 Å². The van der Waals surface area contributed by atoms with E-state index in [-0.39, 0.29) is 5.57 Å². The molecule has 0 amide bonds. The van der Waals surface area contributed by atoms with E-state index in [1.807, 2.05) is 6.07 Å². The number of halogens is 1. The number of alkyl halides is 1. The Kier molecular flexibility index (Phi) is 3.13. The fourth-order valence-electron chi connectivity index (χ4n) is 2.05. The van der Waals surface area contributed by atoms with Crippen molar-refractivity contribution in [1.29, 1.82) is 0 Å². The third kappa shape index (κ3) is 2.16. The van der Waals surface area contributed by atoms with Crippen LogP contribution in [-0.4, -0.2) is 24.4 Å². The van der Waals surface area contributed by atoms with Crippen molar-refractivity contribution in [1.82, 2.24) is 0 Å². The molecule has 0 bridgehead atoms. The van der Waals surface area contributed by atoms with Gasteiger partial charge in [0, 0.05) is 5.57 Å². The molecule has 1 unspecified atom stereocenters. The van der Waals surface area contributed by atoms with Crippen LogP contribution in [0.25, 0.3) is 5.57 Å². The molecule has 3 nitrogen and oxygen atoms in total. The molecule has 4 heteroatoms. The predicted molar refractivity (Wildman–Crippen MR) is 61.8 cm³/mol. The zero-order valence-electron chi connectivity index (χ0n) is 9.44. The number of hydrogen-bond acceptors (Lipinski definition) is 2. The topological polar surface area (TPSA) is 46.5 Å². The number of allylic oxidation sites excluding steroid dienone is 1. The fraction of sp³-hybridized carbons (Fsp3) is 0.308. The van der Waals surface area contributed by atoms with Crippen molar-refractivity contribution in [3.63, 3.8) is 0 Å². The number of hydrogen-bond donors (Lipinski definition) is 1. The van der Waals surface area contributed by atoms with E-state index in [2.05, 4.69) is 0 Å². The highest BCUT2D eigenvalue weighted by atomic mass is 19.1. The summed E-state index contributed by atoms with van der Waals surface area (Å²) < 4.78 is 18.7. The predicted octanol–water partition coefficient (Wildman–Crippen LogP) is 2.45. The highest BCUT2D eigenvalue weighted by Gasteiger charge is 2.26. The number of carboxylic acids is 1. The molecule has 0 saturated heterocycles. The van der Waals surface area contributed by atoms with Crippen LogP contribution >= 0.6 is 0 Å². The number of benzene rings is 1. The normalized spacial score (nSPS) is 15.8. The lowest BCUT2D eigenvalue weighted by Gasteiger charge is -2.19. The Morgan fingerprint density at radius 3 is 2.94 bits per heavy atom. The van der Waals surface area contributed by atoms with E-state index < -0.39 is 12.1 Å². The molecule has 1 aliphatic rings. The van der Waals surface area contributed by atoms with E-state index in [1.54, 1.807) is 25.3 Å². The summed E-state index contributed by atoms with van der Waals surface area (Å²) in [5.41, 5.74) is 1.86. The number of aliphatic carboxylic acids is 1. The second-order valence-electron chi connectivity index (χ2n) is 3.92. The molecule has 0 aliphatic heterocycles. The first-order chi connectivity index (χ1) is 8.13. The second-order valence-corrected chi connectivity index (χ2v) is 3.92. The number of methoxy groups -OCH3 is 1. The maximum Gasteiger partial charge on any atom is 0.343 e. The van der Waals surface area contributed by atoms with Crippen LogP contribution in [0.3, 0.4) is 0 Å². The van der Waals surface area contributed by atoms with Gasteiger partial charge in [-0.05, 0) is 36.1 Å². The lowest BCUT2D eigenvalue weighted by Crippen LogP contribution is -2.18. The van der Waals surface area contributed by atoms with E-state index in [1.165, 1.54) is 0 Å². The van der Waals surface area contributed by atoms with Crippen LogP contribution in [-0.2, 0) is 11.2 Å². The third-order valence-corrected chi connectivity index (χ3v) is 2.89. The molecular weight excluding hydrogens is 223 g/mol. The standard InChI is InChI=1S/C13H13FO3/c1-17-9-5-6-10-8(7-9)3-2-4-11(10)12(14)13(15)16/h4-7,12H,2-3H2,1H3,(H,15,16). The molecule has 1 aliphatic carbocycles. The highest BCUT2D eigenvalue weighted by Crippen LogP contribution is 2.32. The number of fused-ring (bicyclic) bond motifs is 1. The van der Waals surface area contributed by atoms with Crippen molar-refractivity contribution in [2.75, 3.05) is 7.11 Å². The Bertz CT molecular complexity index is 480. The van der Waals surface area contributed by atoms with E-state index in [9.17, 15) is 9.18 Å². The summed E-state index contributed by atoms with van der Waals surface area (Å²) in [4.78, 5) is 10.7. The molecule has 0 radical (unpaired) electrons. The first-order valence-corrected chi connectivity index (χ1v) is 5.37. The second kappa shape index (κ2) is 4.57. The Labute approximate surface area is 98.5 Å². The van der Waals surface area contributed by atoms with Gasteiger partial charge in [0.25, 0.3) is 0 Å². The van der Waals surface area contributed by atoms with Gasteiger partial charge in [0.15, 0.2) is 0 Å². The minimum absolute atomic E-state index is 0.251. The number of carboxylic acid groups (broad SMARTS) is 1. The van der Waals surface area contributed by atoms with Gasteiger partial charge in [-0.2, -0.15) is 0 Å². The Hall–Kier alpha value is -1.84. The first-order valence-electron chi connectivity index (χ1n) is 5.37. The number of rotatable bonds is 3. The zero-order valence-corrected chi connectivity index (χ0v) is 9.44. The lowest BCUT2D eigenvalue weighted by molar-refractivity contribution is -0.140. The van der Waals surface area contributed by atoms with Crippen LogP contribution < -0.4 is 4.74 Å². The van der Waals surface area contributed by atoms with Crippen LogP contribution in [0.5, 0.6) is 5.75 Å². The molecule has 0 spiro atoms. The van der Waals surface area contributed by atoms with Crippen LogP contribution in [0.15, 0.2) is 24.3 Å². The van der Waals surface area contributed by atoms with Gasteiger partial charge in [-0.1, -0.05) is 12.1 Å². The summed E-state index contributed by atoms with van der Waals surface area (Å²) >= 11 is 0. The van der Waals surface area contributed by atoms with Crippen LogP contribution in [0.1, 0.15) is 17.5 Å². The average Bonchev–Trinajstić information content (AvgIpc) is 2.36. The van der Waals surface area contributed by atoms with Crippen molar-refractivity contribution in [3.8, 4) is 5.75 Å². The van der Waals surface area contributed by atoms with Crippen molar-refractivity contribution < 1.29 is 19.0 Å². The van der Waals surface area contributed by atoms with Crippen LogP contribution in [0.4, 0.5) is 4.39 Å². The summed E-state index contributed by atoms with van der Waals surface area (Å²) in [6, 6.07) is 5.26. The van der Waals surface area contributed by atoms with Gasteiger partial charge in [-0.15, -0.1) is 0 Å². The molecule has 0 fully saturated rings. The number of carbonyl (C=O) groups is 1.